The number of aryl methyl sites for hydroxylation is 4. The van der Waals surface area contributed by atoms with Gasteiger partial charge < -0.3 is 38.0 Å². The first-order chi connectivity index (χ1) is 49.7. The van der Waals surface area contributed by atoms with E-state index in [0.29, 0.717) is 63.1 Å². The zero-order valence-electron chi connectivity index (χ0n) is 64.2. The summed E-state index contributed by atoms with van der Waals surface area (Å²) < 4.78 is 31.0. The molecule has 1 unspecified atom stereocenters. The van der Waals surface area contributed by atoms with Crippen molar-refractivity contribution in [1.29, 1.82) is 0 Å². The number of rotatable bonds is 22. The summed E-state index contributed by atoms with van der Waals surface area (Å²) in [6.07, 6.45) is 9.42. The maximum atomic E-state index is 11.2. The predicted molar refractivity (Wildman–Crippen MR) is 424 cm³/mol. The average molecular weight is 1440 g/mol. The molecule has 15 nitrogen and oxygen atoms in total. The zero-order chi connectivity index (χ0) is 78.6. The number of hydrogen-bond acceptors (Lipinski definition) is 15. The molecule has 0 aliphatic rings. The fourth-order valence-electron chi connectivity index (χ4n) is 10.3. The molecule has 9 aromatic rings. The quantitative estimate of drug-likeness (QED) is 0.0351. The number of halogens is 1. The minimum absolute atomic E-state index is 0.0517. The van der Waals surface area contributed by atoms with Gasteiger partial charge in [-0.05, 0) is 260 Å². The lowest BCUT2D eigenvalue weighted by molar-refractivity contribution is -0.119. The molecule has 0 amide bonds. The van der Waals surface area contributed by atoms with Gasteiger partial charge in [0, 0.05) is 57.3 Å². The van der Waals surface area contributed by atoms with Gasteiger partial charge in [0.15, 0.2) is 52.0 Å². The van der Waals surface area contributed by atoms with Crippen molar-refractivity contribution < 1.29 is 71.6 Å². The van der Waals surface area contributed by atoms with Crippen LogP contribution in [0.25, 0.3) is 40.1 Å². The molecule has 552 valence electrons. The highest BCUT2D eigenvalue weighted by Gasteiger charge is 2.13. The second-order valence-electron chi connectivity index (χ2n) is 24.9. The highest BCUT2D eigenvalue weighted by atomic mass is 35.5. The van der Waals surface area contributed by atoms with Crippen LogP contribution in [0.3, 0.4) is 0 Å². The van der Waals surface area contributed by atoms with Crippen LogP contribution in [0.1, 0.15) is 190 Å². The summed E-state index contributed by atoms with van der Waals surface area (Å²) in [5.74, 6) is 5.52. The lowest BCUT2D eigenvalue weighted by Crippen LogP contribution is -2.03. The Morgan fingerprint density at radius 2 is 0.695 bits per heavy atom. The molecule has 0 heterocycles. The molecule has 16 heteroatoms. The van der Waals surface area contributed by atoms with Gasteiger partial charge in [-0.3, -0.25) is 33.6 Å². The van der Waals surface area contributed by atoms with E-state index in [0.717, 1.165) is 84.7 Å². The van der Waals surface area contributed by atoms with E-state index in [2.05, 4.69) is 52.0 Å². The normalized spacial score (nSPS) is 10.5. The van der Waals surface area contributed by atoms with Crippen molar-refractivity contribution in [1.82, 2.24) is 0 Å². The molecule has 9 rings (SSSR count). The van der Waals surface area contributed by atoms with E-state index in [4.69, 9.17) is 40.0 Å². The standard InChI is InChI=1S/C18H22O2.C17H16O2.C14H12O2.C12H12O3.C11H12O2.C9H16O2.C8H9ClO2/c1-11-7-15(8-12(2)17(11)19-5)16-9-13(3)18(20-6)14(4)10-16;1-13(18)16-9-5-14(6-10-16)3-4-15-7-11-17(19-2)12-8-15;1-9(15)11-3-5-14-8-12(10(2)16)4-6-13(14)7-11;1-7(13)10-4-11(8(2)14)6-12(5-10)9(3)15;1-9(12)3-4-10-5-7-11(13-2)8-6-10;1-7(6-9(3)11)4-5-8(2)10;1-10-7-4-3-6(9)5-8(7)11-2/h7-10H,1-6H3;3-12H,1-2H3;3-8H,1-2H3;4-6H,1-3H3;3-8H,1-2H3;7H,4-6H2,1-3H3;3-5H,1-2H3/b;;;;4-3+;;. The Balaban J connectivity index is 0.000000322. The summed E-state index contributed by atoms with van der Waals surface area (Å²) in [6, 6.07) is 52.4. The van der Waals surface area contributed by atoms with Crippen molar-refractivity contribution >= 4 is 92.7 Å². The molecule has 0 aromatic heterocycles. The number of ketones is 9. The Morgan fingerprint density at radius 1 is 0.352 bits per heavy atom. The Kier molecular flexibility index (Phi) is 37.8. The van der Waals surface area contributed by atoms with E-state index < -0.39 is 0 Å². The monoisotopic (exact) mass is 1440 g/mol. The van der Waals surface area contributed by atoms with Crippen LogP contribution in [-0.4, -0.2) is 94.7 Å². The van der Waals surface area contributed by atoms with Gasteiger partial charge in [-0.15, -0.1) is 0 Å². The molecule has 0 bridgehead atoms. The van der Waals surface area contributed by atoms with Crippen molar-refractivity contribution in [2.24, 2.45) is 5.92 Å². The van der Waals surface area contributed by atoms with Crippen molar-refractivity contribution in [2.45, 2.75) is 116 Å². The summed E-state index contributed by atoms with van der Waals surface area (Å²) in [6.45, 7) is 23.9. The second kappa shape index (κ2) is 45.1. The Hall–Kier alpha value is -11.2. The van der Waals surface area contributed by atoms with Crippen LogP contribution in [0, 0.1) is 33.6 Å². The smallest absolute Gasteiger partial charge is 0.162 e. The van der Waals surface area contributed by atoms with Crippen LogP contribution in [0.15, 0.2) is 176 Å². The molecule has 9 aromatic carbocycles. The highest BCUT2D eigenvalue weighted by molar-refractivity contribution is 6.30. The summed E-state index contributed by atoms with van der Waals surface area (Å²) in [4.78, 5) is 98.9. The van der Waals surface area contributed by atoms with E-state index in [1.807, 2.05) is 116 Å². The maximum Gasteiger partial charge on any atom is 0.162 e. The van der Waals surface area contributed by atoms with E-state index in [-0.39, 0.29) is 52.0 Å². The molecule has 0 radical (unpaired) electrons. The first kappa shape index (κ1) is 88.1. The molecule has 0 saturated carbocycles. The fraction of sp³-hybridized carbons (Fsp3) is 0.270. The molecular formula is C89H99ClO15. The van der Waals surface area contributed by atoms with Crippen molar-refractivity contribution in [3.05, 3.63) is 253 Å². The summed E-state index contributed by atoms with van der Waals surface area (Å²) in [5, 5.41) is 2.61. The van der Waals surface area contributed by atoms with Crippen LogP contribution < -0.4 is 28.4 Å². The molecular weight excluding hydrogens is 1340 g/mol. The number of Topliss-reactive ketones (excluding diaryl/α,β-unsaturated/α-hetero) is 8. The van der Waals surface area contributed by atoms with Gasteiger partial charge in [0.1, 0.15) is 34.6 Å². The fourth-order valence-corrected chi connectivity index (χ4v) is 10.5. The van der Waals surface area contributed by atoms with Gasteiger partial charge in [0.05, 0.1) is 42.7 Å². The predicted octanol–water partition coefficient (Wildman–Crippen LogP) is 20.8. The summed E-state index contributed by atoms with van der Waals surface area (Å²) in [5.41, 5.74) is 13.6. The van der Waals surface area contributed by atoms with Gasteiger partial charge in [-0.25, -0.2) is 0 Å². The van der Waals surface area contributed by atoms with Crippen LogP contribution in [0.2, 0.25) is 5.02 Å². The van der Waals surface area contributed by atoms with Crippen molar-refractivity contribution in [3.63, 3.8) is 0 Å². The lowest BCUT2D eigenvalue weighted by atomic mass is 9.96. The number of benzene rings is 9. The zero-order valence-corrected chi connectivity index (χ0v) is 64.9. The molecule has 0 fully saturated rings. The summed E-state index contributed by atoms with van der Waals surface area (Å²) >= 11 is 5.72. The largest absolute Gasteiger partial charge is 0.497 e. The third-order valence-electron chi connectivity index (χ3n) is 16.0. The SMILES string of the molecule is CC(=O)CCC(C)CC(C)=O.CC(=O)c1cc(C(C)=O)cc(C(C)=O)c1.CC(=O)c1ccc2cc(C(C)=O)ccc2c1.COc1c(C)cc(-c2cc(C)c(OC)c(C)c2)cc1C.COc1ccc(/C=C/C(C)=O)cc1.COc1ccc(C=Cc2ccc(C(C)=O)cc2)cc1.COc1ccc(Cl)cc1OC. The lowest BCUT2D eigenvalue weighted by Gasteiger charge is -2.14. The van der Waals surface area contributed by atoms with E-state index in [9.17, 15) is 43.2 Å². The number of carbonyl (C=O) groups excluding carboxylic acids is 9. The number of methoxy groups -OCH3 is 6. The van der Waals surface area contributed by atoms with Gasteiger partial charge in [-0.2, -0.15) is 0 Å². The van der Waals surface area contributed by atoms with Crippen LogP contribution in [0.4, 0.5) is 0 Å². The number of ether oxygens (including phenoxy) is 6. The molecule has 0 spiro atoms. The number of carbonyl (C=O) groups is 9. The van der Waals surface area contributed by atoms with Crippen LogP contribution in [-0.2, 0) is 14.4 Å². The summed E-state index contributed by atoms with van der Waals surface area (Å²) in [7, 11) is 9.88. The number of fused-ring (bicyclic) bond motifs is 1. The second-order valence-corrected chi connectivity index (χ2v) is 25.3. The molecule has 105 heavy (non-hydrogen) atoms. The Bertz CT molecular complexity index is 4280. The molecule has 0 saturated heterocycles. The minimum atomic E-state index is -0.152. The van der Waals surface area contributed by atoms with Crippen molar-refractivity contribution in [3.8, 4) is 45.6 Å². The van der Waals surface area contributed by atoms with E-state index >= 15 is 0 Å². The van der Waals surface area contributed by atoms with Crippen LogP contribution >= 0.6 is 11.6 Å². The first-order valence-corrected chi connectivity index (χ1v) is 34.2. The molecule has 0 aliphatic heterocycles. The third-order valence-corrected chi connectivity index (χ3v) is 16.2. The average Bonchev–Trinajstić information content (AvgIpc) is 0.742. The third kappa shape index (κ3) is 31.1. The Morgan fingerprint density at radius 3 is 1.00 bits per heavy atom. The van der Waals surface area contributed by atoms with Gasteiger partial charge in [-0.1, -0.05) is 110 Å². The number of allylic oxidation sites excluding steroid dienone is 1. The van der Waals surface area contributed by atoms with Gasteiger partial charge in [0.2, 0.25) is 0 Å². The molecule has 0 aliphatic carbocycles. The van der Waals surface area contributed by atoms with Crippen molar-refractivity contribution in [2.75, 3.05) is 42.7 Å². The Labute approximate surface area is 624 Å². The first-order valence-electron chi connectivity index (χ1n) is 33.8. The number of hydrogen-bond donors (Lipinski definition) is 0. The topological polar surface area (TPSA) is 209 Å². The van der Waals surface area contributed by atoms with Crippen LogP contribution in [0.5, 0.6) is 34.5 Å². The highest BCUT2D eigenvalue weighted by Crippen LogP contribution is 2.34. The maximum absolute atomic E-state index is 11.2. The molecule has 0 N–H and O–H groups in total. The van der Waals surface area contributed by atoms with E-state index in [1.165, 1.54) is 57.0 Å². The molecule has 1 atom stereocenters. The van der Waals surface area contributed by atoms with Gasteiger partial charge in [0.25, 0.3) is 0 Å². The minimum Gasteiger partial charge on any atom is -0.497 e. The van der Waals surface area contributed by atoms with Gasteiger partial charge >= 0.3 is 0 Å². The van der Waals surface area contributed by atoms with E-state index in [1.54, 1.807) is 120 Å².